The molecule has 1 aromatic carbocycles. The van der Waals surface area contributed by atoms with Gasteiger partial charge >= 0.3 is 0 Å². The lowest BCUT2D eigenvalue weighted by Gasteiger charge is -2.18. The first kappa shape index (κ1) is 11.8. The van der Waals surface area contributed by atoms with Crippen molar-refractivity contribution in [1.82, 2.24) is 4.98 Å². The number of anilines is 2. The van der Waals surface area contributed by atoms with Gasteiger partial charge in [-0.25, -0.2) is 0 Å². The summed E-state index contributed by atoms with van der Waals surface area (Å²) in [6.07, 6.45) is 2.17. The molecule has 0 bridgehead atoms. The van der Waals surface area contributed by atoms with Gasteiger partial charge in [-0.1, -0.05) is 13.8 Å². The summed E-state index contributed by atoms with van der Waals surface area (Å²) < 4.78 is 5.75. The zero-order valence-corrected chi connectivity index (χ0v) is 10.4. The third kappa shape index (κ3) is 2.52. The van der Waals surface area contributed by atoms with Gasteiger partial charge in [-0.3, -0.25) is 0 Å². The number of benzene rings is 1. The van der Waals surface area contributed by atoms with Crippen LogP contribution in [0.4, 0.5) is 11.7 Å². The highest BCUT2D eigenvalue weighted by molar-refractivity contribution is 5.78. The minimum absolute atomic E-state index is 0.703. The van der Waals surface area contributed by atoms with Crippen LogP contribution in [-0.2, 0) is 0 Å². The summed E-state index contributed by atoms with van der Waals surface area (Å²) in [4.78, 5) is 6.67. The number of hydrogen-bond acceptors (Lipinski definition) is 4. The van der Waals surface area contributed by atoms with Crippen LogP contribution in [0, 0.1) is 0 Å². The van der Waals surface area contributed by atoms with E-state index in [0.717, 1.165) is 37.0 Å². The van der Waals surface area contributed by atoms with Gasteiger partial charge in [0.15, 0.2) is 5.58 Å². The molecule has 0 saturated carbocycles. The Bertz CT molecular complexity index is 486. The SMILES string of the molecule is CCCN(CCC)c1nc2ccc(N)cc2o1. The van der Waals surface area contributed by atoms with Gasteiger partial charge in [-0.15, -0.1) is 0 Å². The highest BCUT2D eigenvalue weighted by Gasteiger charge is 2.12. The maximum atomic E-state index is 5.75. The summed E-state index contributed by atoms with van der Waals surface area (Å²) in [5.74, 6) is 0. The highest BCUT2D eigenvalue weighted by Crippen LogP contribution is 2.23. The van der Waals surface area contributed by atoms with Crippen molar-refractivity contribution >= 4 is 22.8 Å². The van der Waals surface area contributed by atoms with Crippen molar-refractivity contribution in [2.75, 3.05) is 23.7 Å². The number of rotatable bonds is 5. The first-order valence-corrected chi connectivity index (χ1v) is 6.15. The molecule has 0 aliphatic carbocycles. The largest absolute Gasteiger partial charge is 0.423 e. The predicted octanol–water partition coefficient (Wildman–Crippen LogP) is 3.04. The molecule has 0 atom stereocenters. The third-order valence-corrected chi connectivity index (χ3v) is 2.66. The van der Waals surface area contributed by atoms with E-state index < -0.39 is 0 Å². The number of aromatic nitrogens is 1. The van der Waals surface area contributed by atoms with Gasteiger partial charge in [-0.05, 0) is 25.0 Å². The van der Waals surface area contributed by atoms with Crippen molar-refractivity contribution in [3.63, 3.8) is 0 Å². The summed E-state index contributed by atoms with van der Waals surface area (Å²) in [5, 5.41) is 0. The summed E-state index contributed by atoms with van der Waals surface area (Å²) >= 11 is 0. The zero-order chi connectivity index (χ0) is 12.3. The molecule has 0 fully saturated rings. The highest BCUT2D eigenvalue weighted by atomic mass is 16.4. The minimum atomic E-state index is 0.703. The van der Waals surface area contributed by atoms with Crippen LogP contribution in [0.1, 0.15) is 26.7 Å². The monoisotopic (exact) mass is 233 g/mol. The van der Waals surface area contributed by atoms with Crippen molar-refractivity contribution in [1.29, 1.82) is 0 Å². The molecule has 1 heterocycles. The first-order chi connectivity index (χ1) is 8.24. The molecule has 0 radical (unpaired) electrons. The van der Waals surface area contributed by atoms with Crippen molar-refractivity contribution in [3.05, 3.63) is 18.2 Å². The van der Waals surface area contributed by atoms with Crippen LogP contribution in [0.15, 0.2) is 22.6 Å². The molecule has 0 aliphatic heterocycles. The number of oxazole rings is 1. The van der Waals surface area contributed by atoms with Gasteiger partial charge in [0.1, 0.15) is 5.52 Å². The van der Waals surface area contributed by atoms with Crippen LogP contribution in [0.25, 0.3) is 11.1 Å². The Balaban J connectivity index is 2.33. The van der Waals surface area contributed by atoms with Crippen LogP contribution in [0.5, 0.6) is 0 Å². The Morgan fingerprint density at radius 2 is 1.94 bits per heavy atom. The Labute approximate surface area is 101 Å². The summed E-state index contributed by atoms with van der Waals surface area (Å²) in [6.45, 7) is 6.25. The molecular formula is C13H19N3O. The van der Waals surface area contributed by atoms with E-state index in [2.05, 4.69) is 23.7 Å². The Morgan fingerprint density at radius 3 is 2.59 bits per heavy atom. The molecule has 0 amide bonds. The van der Waals surface area contributed by atoms with E-state index in [-0.39, 0.29) is 0 Å². The Morgan fingerprint density at radius 1 is 1.24 bits per heavy atom. The molecule has 0 unspecified atom stereocenters. The molecule has 0 saturated heterocycles. The lowest BCUT2D eigenvalue weighted by atomic mass is 10.3. The molecule has 0 spiro atoms. The van der Waals surface area contributed by atoms with Crippen molar-refractivity contribution in [2.24, 2.45) is 0 Å². The molecule has 1 aromatic heterocycles. The average Bonchev–Trinajstić information content (AvgIpc) is 2.71. The second-order valence-corrected chi connectivity index (χ2v) is 4.21. The predicted molar refractivity (Wildman–Crippen MR) is 71.2 cm³/mol. The number of nitrogen functional groups attached to an aromatic ring is 1. The fourth-order valence-corrected chi connectivity index (χ4v) is 1.91. The molecule has 2 N–H and O–H groups in total. The van der Waals surface area contributed by atoms with E-state index in [0.29, 0.717) is 11.7 Å². The van der Waals surface area contributed by atoms with Crippen LogP contribution in [0.3, 0.4) is 0 Å². The van der Waals surface area contributed by atoms with Gasteiger partial charge in [0, 0.05) is 24.8 Å². The van der Waals surface area contributed by atoms with Gasteiger partial charge in [-0.2, -0.15) is 4.98 Å². The standard InChI is InChI=1S/C13H19N3O/c1-3-7-16(8-4-2)13-15-11-6-5-10(14)9-12(11)17-13/h5-6,9H,3-4,7-8,14H2,1-2H3. The maximum absolute atomic E-state index is 5.75. The fourth-order valence-electron chi connectivity index (χ4n) is 1.91. The quantitative estimate of drug-likeness (QED) is 0.806. The second kappa shape index (κ2) is 5.08. The zero-order valence-electron chi connectivity index (χ0n) is 10.4. The fraction of sp³-hybridized carbons (Fsp3) is 0.462. The van der Waals surface area contributed by atoms with Gasteiger partial charge in [0.2, 0.25) is 0 Å². The average molecular weight is 233 g/mol. The molecule has 4 heteroatoms. The summed E-state index contributed by atoms with van der Waals surface area (Å²) in [7, 11) is 0. The Kier molecular flexibility index (Phi) is 3.52. The molecule has 4 nitrogen and oxygen atoms in total. The van der Waals surface area contributed by atoms with Crippen molar-refractivity contribution < 1.29 is 4.42 Å². The van der Waals surface area contributed by atoms with E-state index in [1.807, 2.05) is 18.2 Å². The van der Waals surface area contributed by atoms with Crippen LogP contribution >= 0.6 is 0 Å². The number of fused-ring (bicyclic) bond motifs is 1. The van der Waals surface area contributed by atoms with Gasteiger partial charge in [0.25, 0.3) is 6.01 Å². The van der Waals surface area contributed by atoms with Crippen molar-refractivity contribution in [3.8, 4) is 0 Å². The van der Waals surface area contributed by atoms with E-state index in [4.69, 9.17) is 10.2 Å². The van der Waals surface area contributed by atoms with E-state index in [9.17, 15) is 0 Å². The van der Waals surface area contributed by atoms with E-state index in [1.165, 1.54) is 0 Å². The molecular weight excluding hydrogens is 214 g/mol. The molecule has 2 rings (SSSR count). The van der Waals surface area contributed by atoms with E-state index >= 15 is 0 Å². The van der Waals surface area contributed by atoms with Crippen LogP contribution in [-0.4, -0.2) is 18.1 Å². The maximum Gasteiger partial charge on any atom is 0.298 e. The number of nitrogens with zero attached hydrogens (tertiary/aromatic N) is 2. The Hall–Kier alpha value is -1.71. The number of hydrogen-bond donors (Lipinski definition) is 1. The molecule has 17 heavy (non-hydrogen) atoms. The summed E-state index contributed by atoms with van der Waals surface area (Å²) in [6, 6.07) is 6.27. The van der Waals surface area contributed by atoms with Crippen LogP contribution in [0.2, 0.25) is 0 Å². The number of nitrogens with two attached hydrogens (primary N) is 1. The molecule has 2 aromatic rings. The van der Waals surface area contributed by atoms with Gasteiger partial charge < -0.3 is 15.1 Å². The van der Waals surface area contributed by atoms with Crippen molar-refractivity contribution in [2.45, 2.75) is 26.7 Å². The van der Waals surface area contributed by atoms with Gasteiger partial charge in [0.05, 0.1) is 0 Å². The summed E-state index contributed by atoms with van der Waals surface area (Å²) in [5.41, 5.74) is 8.06. The van der Waals surface area contributed by atoms with Crippen LogP contribution < -0.4 is 10.6 Å². The van der Waals surface area contributed by atoms with E-state index in [1.54, 1.807) is 0 Å². The minimum Gasteiger partial charge on any atom is -0.423 e. The topological polar surface area (TPSA) is 55.3 Å². The normalized spacial score (nSPS) is 10.9. The second-order valence-electron chi connectivity index (χ2n) is 4.21. The lowest BCUT2D eigenvalue weighted by molar-refractivity contribution is 0.561. The molecule has 0 aliphatic rings. The molecule has 92 valence electrons. The third-order valence-electron chi connectivity index (χ3n) is 2.66. The lowest BCUT2D eigenvalue weighted by Crippen LogP contribution is -2.24. The smallest absolute Gasteiger partial charge is 0.298 e. The first-order valence-electron chi connectivity index (χ1n) is 6.15.